The van der Waals surface area contributed by atoms with Crippen LogP contribution in [0, 0.1) is 0 Å². The molecular formula is C10H13F2NO. The van der Waals surface area contributed by atoms with Gasteiger partial charge < -0.3 is 0 Å². The van der Waals surface area contributed by atoms with Crippen LogP contribution < -0.4 is 5.90 Å². The van der Waals surface area contributed by atoms with Crippen LogP contribution in [0.1, 0.15) is 17.5 Å². The lowest BCUT2D eigenvalue weighted by atomic mass is 10.1. The minimum atomic E-state index is -2.23. The van der Waals surface area contributed by atoms with Gasteiger partial charge in [-0.2, -0.15) is 0 Å². The largest absolute Gasteiger partial charge is 0.300 e. The summed E-state index contributed by atoms with van der Waals surface area (Å²) in [7, 11) is 0. The van der Waals surface area contributed by atoms with E-state index in [1.165, 1.54) is 0 Å². The molecule has 1 rings (SSSR count). The number of benzene rings is 1. The van der Waals surface area contributed by atoms with Crippen molar-refractivity contribution >= 4 is 0 Å². The number of halogens is 2. The first kappa shape index (κ1) is 11.1. The second-order valence-corrected chi connectivity index (χ2v) is 3.06. The van der Waals surface area contributed by atoms with Crippen LogP contribution in [0.25, 0.3) is 0 Å². The zero-order chi connectivity index (χ0) is 10.4. The molecule has 0 aromatic heterocycles. The third-order valence-corrected chi connectivity index (χ3v) is 1.92. The lowest BCUT2D eigenvalue weighted by Crippen LogP contribution is -1.99. The predicted molar refractivity (Wildman–Crippen MR) is 49.7 cm³/mol. The average Bonchev–Trinajstić information content (AvgIpc) is 2.17. The van der Waals surface area contributed by atoms with Gasteiger partial charge in [-0.25, -0.2) is 14.7 Å². The van der Waals surface area contributed by atoms with Crippen LogP contribution in [0.2, 0.25) is 0 Å². The molecule has 0 bridgehead atoms. The van der Waals surface area contributed by atoms with E-state index in [9.17, 15) is 8.78 Å². The van der Waals surface area contributed by atoms with Gasteiger partial charge in [0.1, 0.15) is 0 Å². The van der Waals surface area contributed by atoms with Crippen molar-refractivity contribution in [2.24, 2.45) is 5.90 Å². The van der Waals surface area contributed by atoms with Gasteiger partial charge in [0.25, 0.3) is 0 Å². The zero-order valence-electron chi connectivity index (χ0n) is 7.75. The number of alkyl halides is 2. The third-order valence-electron chi connectivity index (χ3n) is 1.92. The summed E-state index contributed by atoms with van der Waals surface area (Å²) in [6.07, 6.45) is -1.92. The Hall–Kier alpha value is -1.00. The Labute approximate surface area is 81.6 Å². The van der Waals surface area contributed by atoms with Crippen molar-refractivity contribution in [2.45, 2.75) is 25.9 Å². The summed E-state index contributed by atoms with van der Waals surface area (Å²) < 4.78 is 23.8. The Morgan fingerprint density at radius 3 is 2.21 bits per heavy atom. The van der Waals surface area contributed by atoms with Crippen molar-refractivity contribution in [2.75, 3.05) is 0 Å². The van der Waals surface area contributed by atoms with Gasteiger partial charge in [0.2, 0.25) is 6.43 Å². The molecule has 0 aliphatic carbocycles. The van der Waals surface area contributed by atoms with Gasteiger partial charge in [-0.1, -0.05) is 24.3 Å². The van der Waals surface area contributed by atoms with Crippen LogP contribution in [-0.4, -0.2) is 6.43 Å². The van der Waals surface area contributed by atoms with E-state index >= 15 is 0 Å². The third kappa shape index (κ3) is 3.81. The molecule has 0 aliphatic rings. The summed E-state index contributed by atoms with van der Waals surface area (Å²) >= 11 is 0. The highest BCUT2D eigenvalue weighted by molar-refractivity contribution is 5.22. The van der Waals surface area contributed by atoms with Crippen LogP contribution in [0.15, 0.2) is 24.3 Å². The number of hydrogen-bond acceptors (Lipinski definition) is 2. The molecule has 0 saturated heterocycles. The van der Waals surface area contributed by atoms with Gasteiger partial charge in [0.05, 0.1) is 6.61 Å². The maximum atomic E-state index is 11.9. The highest BCUT2D eigenvalue weighted by atomic mass is 19.3. The Bertz CT molecular complexity index is 261. The minimum absolute atomic E-state index is 0.0905. The molecule has 2 nitrogen and oxygen atoms in total. The Balaban J connectivity index is 2.46. The van der Waals surface area contributed by atoms with E-state index in [2.05, 4.69) is 4.84 Å². The Morgan fingerprint density at radius 2 is 1.71 bits per heavy atom. The fraction of sp³-hybridized carbons (Fsp3) is 0.400. The normalized spacial score (nSPS) is 10.9. The molecule has 0 spiro atoms. The summed E-state index contributed by atoms with van der Waals surface area (Å²) in [6, 6.07) is 7.29. The van der Waals surface area contributed by atoms with Crippen molar-refractivity contribution < 1.29 is 13.6 Å². The van der Waals surface area contributed by atoms with Crippen molar-refractivity contribution in [1.29, 1.82) is 0 Å². The van der Waals surface area contributed by atoms with Crippen LogP contribution in [0.4, 0.5) is 8.78 Å². The average molecular weight is 201 g/mol. The smallest absolute Gasteiger partial charge is 0.239 e. The first-order valence-corrected chi connectivity index (χ1v) is 4.40. The molecule has 0 radical (unpaired) electrons. The van der Waals surface area contributed by atoms with Gasteiger partial charge >= 0.3 is 0 Å². The monoisotopic (exact) mass is 201 g/mol. The van der Waals surface area contributed by atoms with E-state index in [1.54, 1.807) is 0 Å². The number of hydrogen-bond donors (Lipinski definition) is 1. The van der Waals surface area contributed by atoms with Crippen molar-refractivity contribution in [1.82, 2.24) is 0 Å². The topological polar surface area (TPSA) is 35.2 Å². The fourth-order valence-electron chi connectivity index (χ4n) is 1.17. The number of nitrogens with two attached hydrogens (primary N) is 1. The minimum Gasteiger partial charge on any atom is -0.300 e. The lowest BCUT2D eigenvalue weighted by molar-refractivity contribution is 0.124. The molecule has 2 N–H and O–H groups in total. The fourth-order valence-corrected chi connectivity index (χ4v) is 1.17. The predicted octanol–water partition coefficient (Wildman–Crippen LogP) is 2.27. The zero-order valence-corrected chi connectivity index (χ0v) is 7.75. The summed E-state index contributed by atoms with van der Waals surface area (Å²) in [5, 5.41) is 0. The molecule has 0 heterocycles. The quantitative estimate of drug-likeness (QED) is 0.742. The molecule has 0 aliphatic heterocycles. The lowest BCUT2D eigenvalue weighted by Gasteiger charge is -2.02. The molecule has 0 unspecified atom stereocenters. The van der Waals surface area contributed by atoms with E-state index in [1.807, 2.05) is 24.3 Å². The molecule has 14 heavy (non-hydrogen) atoms. The molecule has 0 amide bonds. The number of rotatable bonds is 5. The van der Waals surface area contributed by atoms with Gasteiger partial charge in [-0.15, -0.1) is 0 Å². The van der Waals surface area contributed by atoms with Crippen LogP contribution in [0.3, 0.4) is 0 Å². The van der Waals surface area contributed by atoms with E-state index in [0.717, 1.165) is 11.1 Å². The maximum Gasteiger partial charge on any atom is 0.239 e. The summed E-state index contributed by atoms with van der Waals surface area (Å²) in [6.45, 7) is 0.342. The Kier molecular flexibility index (Phi) is 4.49. The van der Waals surface area contributed by atoms with Gasteiger partial charge in [0, 0.05) is 6.42 Å². The van der Waals surface area contributed by atoms with Crippen molar-refractivity contribution in [3.8, 4) is 0 Å². The molecule has 1 aromatic rings. The van der Waals surface area contributed by atoms with Gasteiger partial charge in [-0.05, 0) is 17.5 Å². The van der Waals surface area contributed by atoms with Crippen LogP contribution in [0.5, 0.6) is 0 Å². The first-order chi connectivity index (χ1) is 6.72. The van der Waals surface area contributed by atoms with Crippen molar-refractivity contribution in [3.63, 3.8) is 0 Å². The molecule has 0 saturated carbocycles. The van der Waals surface area contributed by atoms with Crippen molar-refractivity contribution in [3.05, 3.63) is 35.4 Å². The van der Waals surface area contributed by atoms with Gasteiger partial charge in [-0.3, -0.25) is 4.84 Å². The molecule has 0 atom stereocenters. The summed E-state index contributed by atoms with van der Waals surface area (Å²) in [4.78, 5) is 4.45. The summed E-state index contributed by atoms with van der Waals surface area (Å²) in [5.74, 6) is 4.90. The second kappa shape index (κ2) is 5.67. The summed E-state index contributed by atoms with van der Waals surface area (Å²) in [5.41, 5.74) is 1.85. The van der Waals surface area contributed by atoms with E-state index in [-0.39, 0.29) is 6.42 Å². The molecule has 1 aromatic carbocycles. The second-order valence-electron chi connectivity index (χ2n) is 3.06. The van der Waals surface area contributed by atoms with E-state index in [0.29, 0.717) is 13.0 Å². The first-order valence-electron chi connectivity index (χ1n) is 4.40. The van der Waals surface area contributed by atoms with E-state index in [4.69, 9.17) is 5.90 Å². The van der Waals surface area contributed by atoms with E-state index < -0.39 is 6.43 Å². The maximum absolute atomic E-state index is 11.9. The van der Waals surface area contributed by atoms with Crippen LogP contribution in [-0.2, 0) is 17.9 Å². The highest BCUT2D eigenvalue weighted by Crippen LogP contribution is 2.10. The highest BCUT2D eigenvalue weighted by Gasteiger charge is 2.02. The van der Waals surface area contributed by atoms with Crippen LogP contribution >= 0.6 is 0 Å². The SMILES string of the molecule is NOCc1ccc(CCC(F)F)cc1. The standard InChI is InChI=1S/C10H13F2NO/c11-10(12)6-5-8-1-3-9(4-2-8)7-14-13/h1-4,10H,5-7,13H2. The molecule has 0 fully saturated rings. The molecule has 4 heteroatoms. The molecule has 78 valence electrons. The molecular weight excluding hydrogens is 188 g/mol. The number of aryl methyl sites for hydroxylation is 1. The Morgan fingerprint density at radius 1 is 1.14 bits per heavy atom. The van der Waals surface area contributed by atoms with Gasteiger partial charge in [0.15, 0.2) is 0 Å².